The van der Waals surface area contributed by atoms with E-state index in [4.69, 9.17) is 9.84 Å². The zero-order valence-corrected chi connectivity index (χ0v) is 11.0. The smallest absolute Gasteiger partial charge is 0.328 e. The summed E-state index contributed by atoms with van der Waals surface area (Å²) in [6.45, 7) is 2.17. The minimum Gasteiger partial charge on any atom is -0.496 e. The van der Waals surface area contributed by atoms with Crippen LogP contribution in [-0.4, -0.2) is 18.2 Å². The number of hydrogen-bond acceptors (Lipinski definition) is 2. The Kier molecular flexibility index (Phi) is 5.98. The molecular weight excluding hydrogens is 228 g/mol. The number of carboxylic acids is 1. The van der Waals surface area contributed by atoms with Crippen LogP contribution < -0.4 is 4.74 Å². The molecule has 0 amide bonds. The second-order valence-corrected chi connectivity index (χ2v) is 4.20. The van der Waals surface area contributed by atoms with Crippen LogP contribution >= 0.6 is 0 Å². The van der Waals surface area contributed by atoms with Gasteiger partial charge in [0.25, 0.3) is 0 Å². The molecule has 1 rings (SSSR count). The molecule has 1 N–H and O–H groups in total. The van der Waals surface area contributed by atoms with Gasteiger partial charge in [0.2, 0.25) is 0 Å². The Morgan fingerprint density at radius 1 is 1.39 bits per heavy atom. The standard InChI is InChI=1S/C15H20O3/c1-3-4-5-6-13-11-12(8-10-15(16)17)7-9-14(13)18-2/h7-11H,3-6H2,1-2H3,(H,16,17). The molecule has 0 bridgehead atoms. The molecule has 18 heavy (non-hydrogen) atoms. The van der Waals surface area contributed by atoms with E-state index in [1.165, 1.54) is 12.8 Å². The van der Waals surface area contributed by atoms with Crippen molar-refractivity contribution in [1.29, 1.82) is 0 Å². The number of aliphatic carboxylic acids is 1. The van der Waals surface area contributed by atoms with Gasteiger partial charge in [-0.1, -0.05) is 25.8 Å². The summed E-state index contributed by atoms with van der Waals surface area (Å²) in [7, 11) is 1.66. The second kappa shape index (κ2) is 7.54. The first-order chi connectivity index (χ1) is 8.67. The highest BCUT2D eigenvalue weighted by Crippen LogP contribution is 2.22. The zero-order valence-electron chi connectivity index (χ0n) is 11.0. The Balaban J connectivity index is 2.83. The highest BCUT2D eigenvalue weighted by Gasteiger charge is 2.03. The molecule has 0 saturated heterocycles. The van der Waals surface area contributed by atoms with Gasteiger partial charge in [-0.25, -0.2) is 4.79 Å². The monoisotopic (exact) mass is 248 g/mol. The molecule has 0 heterocycles. The lowest BCUT2D eigenvalue weighted by Gasteiger charge is -2.09. The van der Waals surface area contributed by atoms with Crippen molar-refractivity contribution in [3.05, 3.63) is 35.4 Å². The lowest BCUT2D eigenvalue weighted by Crippen LogP contribution is -1.94. The van der Waals surface area contributed by atoms with Crippen LogP contribution in [0.15, 0.2) is 24.3 Å². The third-order valence-corrected chi connectivity index (χ3v) is 2.77. The van der Waals surface area contributed by atoms with Crippen molar-refractivity contribution in [3.63, 3.8) is 0 Å². The van der Waals surface area contributed by atoms with Crippen molar-refractivity contribution in [2.75, 3.05) is 7.11 Å². The van der Waals surface area contributed by atoms with Crippen molar-refractivity contribution in [2.45, 2.75) is 32.6 Å². The van der Waals surface area contributed by atoms with Crippen LogP contribution in [0.5, 0.6) is 5.75 Å². The average molecular weight is 248 g/mol. The predicted molar refractivity (Wildman–Crippen MR) is 72.9 cm³/mol. The number of rotatable bonds is 7. The second-order valence-electron chi connectivity index (χ2n) is 4.20. The van der Waals surface area contributed by atoms with Gasteiger partial charge < -0.3 is 9.84 Å². The van der Waals surface area contributed by atoms with Crippen LogP contribution in [0.25, 0.3) is 6.08 Å². The summed E-state index contributed by atoms with van der Waals surface area (Å²) in [6.07, 6.45) is 7.21. The molecule has 3 heteroatoms. The molecule has 0 spiro atoms. The fourth-order valence-electron chi connectivity index (χ4n) is 1.83. The maximum Gasteiger partial charge on any atom is 0.328 e. The van der Waals surface area contributed by atoms with Crippen molar-refractivity contribution < 1.29 is 14.6 Å². The summed E-state index contributed by atoms with van der Waals surface area (Å²) in [5, 5.41) is 8.61. The summed E-state index contributed by atoms with van der Waals surface area (Å²) in [5.74, 6) is -0.0584. The molecule has 0 fully saturated rings. The third kappa shape index (κ3) is 4.62. The minimum absolute atomic E-state index is 0.874. The number of carbonyl (C=O) groups is 1. The molecule has 1 aromatic carbocycles. The maximum absolute atomic E-state index is 10.5. The van der Waals surface area contributed by atoms with Gasteiger partial charge in [-0.05, 0) is 42.2 Å². The number of methoxy groups -OCH3 is 1. The first kappa shape index (κ1) is 14.3. The van der Waals surface area contributed by atoms with Crippen LogP contribution in [0.1, 0.15) is 37.3 Å². The van der Waals surface area contributed by atoms with Crippen LogP contribution in [0.2, 0.25) is 0 Å². The maximum atomic E-state index is 10.5. The van der Waals surface area contributed by atoms with E-state index in [2.05, 4.69) is 6.92 Å². The molecule has 0 atom stereocenters. The normalized spacial score (nSPS) is 10.8. The lowest BCUT2D eigenvalue weighted by molar-refractivity contribution is -0.131. The van der Waals surface area contributed by atoms with E-state index < -0.39 is 5.97 Å². The number of unbranched alkanes of at least 4 members (excludes halogenated alkanes) is 2. The molecule has 0 aromatic heterocycles. The van der Waals surface area contributed by atoms with Gasteiger partial charge >= 0.3 is 5.97 Å². The summed E-state index contributed by atoms with van der Waals surface area (Å²) in [5.41, 5.74) is 2.03. The van der Waals surface area contributed by atoms with Crippen molar-refractivity contribution >= 4 is 12.0 Å². The number of aryl methyl sites for hydroxylation is 1. The van der Waals surface area contributed by atoms with E-state index in [1.807, 2.05) is 18.2 Å². The summed E-state index contributed by atoms with van der Waals surface area (Å²) in [6, 6.07) is 5.75. The Hall–Kier alpha value is -1.77. The van der Waals surface area contributed by atoms with E-state index in [0.717, 1.165) is 35.8 Å². The predicted octanol–water partition coefficient (Wildman–Crippen LogP) is 3.53. The molecule has 98 valence electrons. The van der Waals surface area contributed by atoms with Crippen LogP contribution in [0.4, 0.5) is 0 Å². The Morgan fingerprint density at radius 2 is 2.17 bits per heavy atom. The van der Waals surface area contributed by atoms with E-state index in [-0.39, 0.29) is 0 Å². The first-order valence-electron chi connectivity index (χ1n) is 6.25. The van der Waals surface area contributed by atoms with Gasteiger partial charge in [-0.3, -0.25) is 0 Å². The SMILES string of the molecule is CCCCCc1cc(C=CC(=O)O)ccc1OC. The summed E-state index contributed by atoms with van der Waals surface area (Å²) < 4.78 is 5.32. The average Bonchev–Trinajstić information content (AvgIpc) is 2.37. The molecule has 0 unspecified atom stereocenters. The largest absolute Gasteiger partial charge is 0.496 e. The molecule has 0 radical (unpaired) electrons. The molecule has 3 nitrogen and oxygen atoms in total. The van der Waals surface area contributed by atoms with Crippen LogP contribution in [-0.2, 0) is 11.2 Å². The minimum atomic E-state index is -0.932. The number of ether oxygens (including phenoxy) is 1. The van der Waals surface area contributed by atoms with Gasteiger partial charge in [0.05, 0.1) is 7.11 Å². The molecule has 0 aliphatic heterocycles. The van der Waals surface area contributed by atoms with Crippen LogP contribution in [0.3, 0.4) is 0 Å². The van der Waals surface area contributed by atoms with Gasteiger partial charge in [0.1, 0.15) is 5.75 Å². The van der Waals surface area contributed by atoms with Crippen molar-refractivity contribution in [3.8, 4) is 5.75 Å². The molecule has 1 aromatic rings. The Labute approximate surface area is 108 Å². The first-order valence-corrected chi connectivity index (χ1v) is 6.25. The Morgan fingerprint density at radius 3 is 2.78 bits per heavy atom. The summed E-state index contributed by atoms with van der Waals surface area (Å²) in [4.78, 5) is 10.5. The van der Waals surface area contributed by atoms with Gasteiger partial charge in [-0.15, -0.1) is 0 Å². The van der Waals surface area contributed by atoms with Gasteiger partial charge in [0, 0.05) is 6.08 Å². The zero-order chi connectivity index (χ0) is 13.4. The van der Waals surface area contributed by atoms with E-state index in [1.54, 1.807) is 13.2 Å². The number of benzene rings is 1. The van der Waals surface area contributed by atoms with Gasteiger partial charge in [-0.2, -0.15) is 0 Å². The van der Waals surface area contributed by atoms with Gasteiger partial charge in [0.15, 0.2) is 0 Å². The van der Waals surface area contributed by atoms with Crippen LogP contribution in [0, 0.1) is 0 Å². The van der Waals surface area contributed by atoms with Crippen molar-refractivity contribution in [2.24, 2.45) is 0 Å². The lowest BCUT2D eigenvalue weighted by atomic mass is 10.0. The van der Waals surface area contributed by atoms with E-state index in [9.17, 15) is 4.79 Å². The Bertz CT molecular complexity index is 422. The van der Waals surface area contributed by atoms with E-state index >= 15 is 0 Å². The fourth-order valence-corrected chi connectivity index (χ4v) is 1.83. The molecular formula is C15H20O3. The molecule has 0 saturated carbocycles. The number of carboxylic acid groups (broad SMARTS) is 1. The van der Waals surface area contributed by atoms with E-state index in [0.29, 0.717) is 0 Å². The quantitative estimate of drug-likeness (QED) is 0.593. The fraction of sp³-hybridized carbons (Fsp3) is 0.400. The molecule has 0 aliphatic rings. The third-order valence-electron chi connectivity index (χ3n) is 2.77. The molecule has 0 aliphatic carbocycles. The topological polar surface area (TPSA) is 46.5 Å². The summed E-state index contributed by atoms with van der Waals surface area (Å²) >= 11 is 0. The highest BCUT2D eigenvalue weighted by molar-refractivity contribution is 5.85. The number of hydrogen-bond donors (Lipinski definition) is 1. The highest BCUT2D eigenvalue weighted by atomic mass is 16.5. The van der Waals surface area contributed by atoms with Crippen molar-refractivity contribution in [1.82, 2.24) is 0 Å².